The summed E-state index contributed by atoms with van der Waals surface area (Å²) in [7, 11) is 0. The summed E-state index contributed by atoms with van der Waals surface area (Å²) < 4.78 is 5.47. The number of carboxylic acids is 1. The number of carbonyl (C=O) groups is 1. The molecule has 1 heterocycles. The van der Waals surface area contributed by atoms with Crippen LogP contribution in [0.1, 0.15) is 19.3 Å². The normalized spacial score (nSPS) is 24.5. The average Bonchev–Trinajstić information content (AvgIpc) is 2.19. The van der Waals surface area contributed by atoms with Gasteiger partial charge in [-0.25, -0.2) is 0 Å². The molecule has 0 bridgehead atoms. The highest BCUT2D eigenvalue weighted by Gasteiger charge is 2.15. The molecule has 1 aliphatic heterocycles. The summed E-state index contributed by atoms with van der Waals surface area (Å²) >= 11 is 0. The minimum atomic E-state index is -0.970. The molecule has 0 saturated carbocycles. The third-order valence-electron chi connectivity index (χ3n) is 2.33. The topological polar surface area (TPSA) is 84.6 Å². The fourth-order valence-corrected chi connectivity index (χ4v) is 1.46. The molecule has 2 atom stereocenters. The van der Waals surface area contributed by atoms with Crippen LogP contribution in [-0.4, -0.2) is 42.9 Å². The van der Waals surface area contributed by atoms with Crippen LogP contribution in [0.5, 0.6) is 0 Å². The predicted molar refractivity (Wildman–Crippen MR) is 52.1 cm³/mol. The van der Waals surface area contributed by atoms with Gasteiger partial charge in [0.1, 0.15) is 6.04 Å². The number of hydrogen-bond donors (Lipinski definition) is 3. The SMILES string of the molecule is NC(CNCC1CCCCO1)C(=O)O. The lowest BCUT2D eigenvalue weighted by Gasteiger charge is -2.23. The van der Waals surface area contributed by atoms with Crippen LogP contribution >= 0.6 is 0 Å². The van der Waals surface area contributed by atoms with E-state index in [1.54, 1.807) is 0 Å². The Kier molecular flexibility index (Phi) is 4.86. The Morgan fingerprint density at radius 1 is 1.64 bits per heavy atom. The van der Waals surface area contributed by atoms with Crippen molar-refractivity contribution in [1.82, 2.24) is 5.32 Å². The van der Waals surface area contributed by atoms with Gasteiger partial charge >= 0.3 is 5.97 Å². The molecule has 0 aromatic heterocycles. The first-order valence-corrected chi connectivity index (χ1v) is 5.01. The second kappa shape index (κ2) is 5.95. The molecule has 2 unspecified atom stereocenters. The van der Waals surface area contributed by atoms with Crippen molar-refractivity contribution in [3.8, 4) is 0 Å². The minimum absolute atomic E-state index is 0.227. The quantitative estimate of drug-likeness (QED) is 0.562. The summed E-state index contributed by atoms with van der Waals surface area (Å²) in [6, 6.07) is -0.821. The van der Waals surface area contributed by atoms with Crippen LogP contribution in [0.4, 0.5) is 0 Å². The molecule has 4 N–H and O–H groups in total. The van der Waals surface area contributed by atoms with Crippen LogP contribution in [0.2, 0.25) is 0 Å². The van der Waals surface area contributed by atoms with E-state index in [1.165, 1.54) is 6.42 Å². The molecular weight excluding hydrogens is 184 g/mol. The van der Waals surface area contributed by atoms with Crippen molar-refractivity contribution in [3.63, 3.8) is 0 Å². The van der Waals surface area contributed by atoms with E-state index in [4.69, 9.17) is 15.6 Å². The van der Waals surface area contributed by atoms with Gasteiger partial charge in [0, 0.05) is 19.7 Å². The van der Waals surface area contributed by atoms with Gasteiger partial charge in [-0.3, -0.25) is 4.79 Å². The van der Waals surface area contributed by atoms with Gasteiger partial charge in [-0.05, 0) is 19.3 Å². The van der Waals surface area contributed by atoms with Crippen molar-refractivity contribution in [1.29, 1.82) is 0 Å². The zero-order chi connectivity index (χ0) is 10.4. The molecule has 1 aliphatic rings. The zero-order valence-electron chi connectivity index (χ0n) is 8.24. The van der Waals surface area contributed by atoms with E-state index in [0.717, 1.165) is 19.4 Å². The van der Waals surface area contributed by atoms with E-state index in [1.807, 2.05) is 0 Å². The highest BCUT2D eigenvalue weighted by molar-refractivity contribution is 5.73. The Morgan fingerprint density at radius 2 is 2.43 bits per heavy atom. The van der Waals surface area contributed by atoms with Crippen molar-refractivity contribution < 1.29 is 14.6 Å². The van der Waals surface area contributed by atoms with E-state index in [-0.39, 0.29) is 6.10 Å². The summed E-state index contributed by atoms with van der Waals surface area (Å²) in [4.78, 5) is 10.4. The monoisotopic (exact) mass is 202 g/mol. The van der Waals surface area contributed by atoms with Crippen LogP contribution in [0.25, 0.3) is 0 Å². The maximum atomic E-state index is 10.4. The number of hydrogen-bond acceptors (Lipinski definition) is 4. The Bertz CT molecular complexity index is 181. The van der Waals surface area contributed by atoms with Crippen molar-refractivity contribution in [2.75, 3.05) is 19.7 Å². The third-order valence-corrected chi connectivity index (χ3v) is 2.33. The van der Waals surface area contributed by atoms with E-state index >= 15 is 0 Å². The van der Waals surface area contributed by atoms with Crippen LogP contribution in [0, 0.1) is 0 Å². The number of nitrogens with two attached hydrogens (primary N) is 1. The van der Waals surface area contributed by atoms with Gasteiger partial charge in [0.05, 0.1) is 6.10 Å². The van der Waals surface area contributed by atoms with Gasteiger partial charge < -0.3 is 20.9 Å². The molecule has 14 heavy (non-hydrogen) atoms. The third kappa shape index (κ3) is 4.04. The number of carboxylic acid groups (broad SMARTS) is 1. The van der Waals surface area contributed by atoms with Crippen molar-refractivity contribution in [3.05, 3.63) is 0 Å². The first kappa shape index (κ1) is 11.4. The molecular formula is C9H18N2O3. The molecule has 82 valence electrons. The standard InChI is InChI=1S/C9H18N2O3/c10-8(9(12)13)6-11-5-7-3-1-2-4-14-7/h7-8,11H,1-6,10H2,(H,12,13). The zero-order valence-corrected chi connectivity index (χ0v) is 8.24. The lowest BCUT2D eigenvalue weighted by atomic mass is 10.1. The minimum Gasteiger partial charge on any atom is -0.480 e. The maximum absolute atomic E-state index is 10.4. The number of nitrogens with one attached hydrogen (secondary N) is 1. The lowest BCUT2D eigenvalue weighted by Crippen LogP contribution is -2.43. The first-order chi connectivity index (χ1) is 6.70. The highest BCUT2D eigenvalue weighted by Crippen LogP contribution is 2.11. The predicted octanol–water partition coefficient (Wildman–Crippen LogP) is -0.443. The average molecular weight is 202 g/mol. The molecule has 5 nitrogen and oxygen atoms in total. The maximum Gasteiger partial charge on any atom is 0.321 e. The van der Waals surface area contributed by atoms with Crippen molar-refractivity contribution >= 4 is 5.97 Å². The van der Waals surface area contributed by atoms with E-state index in [2.05, 4.69) is 5.32 Å². The van der Waals surface area contributed by atoms with Gasteiger partial charge in [0.2, 0.25) is 0 Å². The smallest absolute Gasteiger partial charge is 0.321 e. The van der Waals surface area contributed by atoms with Crippen LogP contribution in [0.3, 0.4) is 0 Å². The molecule has 5 heteroatoms. The van der Waals surface area contributed by atoms with Gasteiger partial charge in [0.15, 0.2) is 0 Å². The summed E-state index contributed by atoms with van der Waals surface area (Å²) in [6.07, 6.45) is 3.60. The van der Waals surface area contributed by atoms with Crippen molar-refractivity contribution in [2.24, 2.45) is 5.73 Å². The molecule has 1 rings (SSSR count). The van der Waals surface area contributed by atoms with Gasteiger partial charge in [-0.2, -0.15) is 0 Å². The molecule has 0 amide bonds. The molecule has 0 aromatic rings. The first-order valence-electron chi connectivity index (χ1n) is 5.01. The van der Waals surface area contributed by atoms with Gasteiger partial charge in [-0.15, -0.1) is 0 Å². The second-order valence-corrected chi connectivity index (χ2v) is 3.59. The number of aliphatic carboxylic acids is 1. The number of ether oxygens (including phenoxy) is 1. The Hall–Kier alpha value is -0.650. The fourth-order valence-electron chi connectivity index (χ4n) is 1.46. The van der Waals surface area contributed by atoms with Gasteiger partial charge in [-0.1, -0.05) is 0 Å². The summed E-state index contributed by atoms with van der Waals surface area (Å²) in [5.74, 6) is -0.970. The lowest BCUT2D eigenvalue weighted by molar-refractivity contribution is -0.138. The Balaban J connectivity index is 2.05. The van der Waals surface area contributed by atoms with Crippen molar-refractivity contribution in [2.45, 2.75) is 31.4 Å². The molecule has 0 aromatic carbocycles. The van der Waals surface area contributed by atoms with Crippen LogP contribution < -0.4 is 11.1 Å². The summed E-state index contributed by atoms with van der Waals surface area (Å²) in [5.41, 5.74) is 5.33. The summed E-state index contributed by atoms with van der Waals surface area (Å²) in [5, 5.41) is 11.5. The molecule has 0 spiro atoms. The van der Waals surface area contributed by atoms with Gasteiger partial charge in [0.25, 0.3) is 0 Å². The second-order valence-electron chi connectivity index (χ2n) is 3.59. The molecule has 1 fully saturated rings. The molecule has 1 saturated heterocycles. The van der Waals surface area contributed by atoms with E-state index < -0.39 is 12.0 Å². The molecule has 0 radical (unpaired) electrons. The Labute approximate surface area is 83.6 Å². The van der Waals surface area contributed by atoms with Crippen LogP contribution in [-0.2, 0) is 9.53 Å². The summed E-state index contributed by atoms with van der Waals surface area (Å²) in [6.45, 7) is 1.81. The van der Waals surface area contributed by atoms with Crippen LogP contribution in [0.15, 0.2) is 0 Å². The highest BCUT2D eigenvalue weighted by atomic mass is 16.5. The largest absolute Gasteiger partial charge is 0.480 e. The van der Waals surface area contributed by atoms with E-state index in [0.29, 0.717) is 13.1 Å². The van der Waals surface area contributed by atoms with E-state index in [9.17, 15) is 4.79 Å². The molecule has 0 aliphatic carbocycles. The Morgan fingerprint density at radius 3 is 3.00 bits per heavy atom. The number of rotatable bonds is 5. The fraction of sp³-hybridized carbons (Fsp3) is 0.889.